The SMILES string of the molecule is Cn1c(-c2cccc([Si](c3ccccc3)(c3ccccc3)c3cccc(-n4c5cc6c7ccccc7n(-c7ccccc7)c6cc5c5cccnc54)c3)c2)nc2ccccc21. The number of rotatable bonds is 7. The Kier molecular flexibility index (Phi) is 8.02. The highest BCUT2D eigenvalue weighted by molar-refractivity contribution is 7.20. The second-order valence-corrected chi connectivity index (χ2v) is 19.7. The van der Waals surface area contributed by atoms with E-state index in [9.17, 15) is 0 Å². The Morgan fingerprint density at radius 2 is 0.951 bits per heavy atom. The van der Waals surface area contributed by atoms with Gasteiger partial charge in [0.1, 0.15) is 11.5 Å². The smallest absolute Gasteiger partial charge is 0.179 e. The van der Waals surface area contributed by atoms with Crippen molar-refractivity contribution >= 4 is 83.6 Å². The highest BCUT2D eigenvalue weighted by Crippen LogP contribution is 2.39. The van der Waals surface area contributed by atoms with E-state index in [0.29, 0.717) is 0 Å². The lowest BCUT2D eigenvalue weighted by atomic mass is 10.1. The van der Waals surface area contributed by atoms with Crippen molar-refractivity contribution in [3.05, 3.63) is 219 Å². The predicted octanol–water partition coefficient (Wildman–Crippen LogP) is 10.2. The molecule has 0 amide bonds. The number of benzene rings is 8. The van der Waals surface area contributed by atoms with Gasteiger partial charge in [-0.3, -0.25) is 4.57 Å². The van der Waals surface area contributed by atoms with E-state index in [1.54, 1.807) is 0 Å². The van der Waals surface area contributed by atoms with Gasteiger partial charge in [-0.05, 0) is 87.5 Å². The van der Waals surface area contributed by atoms with Crippen LogP contribution in [0.4, 0.5) is 0 Å². The largest absolute Gasteiger partial charge is 0.327 e. The maximum atomic E-state index is 5.16. The van der Waals surface area contributed by atoms with Gasteiger partial charge >= 0.3 is 0 Å². The maximum absolute atomic E-state index is 5.16. The summed E-state index contributed by atoms with van der Waals surface area (Å²) in [7, 11) is -0.870. The predicted molar refractivity (Wildman–Crippen MR) is 256 cm³/mol. The lowest BCUT2D eigenvalue weighted by Gasteiger charge is -2.35. The Morgan fingerprint density at radius 1 is 0.393 bits per heavy atom. The van der Waals surface area contributed by atoms with Crippen LogP contribution in [0.3, 0.4) is 0 Å². The van der Waals surface area contributed by atoms with Gasteiger partial charge in [0.2, 0.25) is 0 Å². The monoisotopic (exact) mass is 797 g/mol. The molecule has 0 radical (unpaired) electrons. The summed E-state index contributed by atoms with van der Waals surface area (Å²) in [5.74, 6) is 0.956. The van der Waals surface area contributed by atoms with Crippen LogP contribution in [-0.2, 0) is 7.05 Å². The second kappa shape index (κ2) is 13.9. The number of fused-ring (bicyclic) bond motifs is 7. The zero-order valence-corrected chi connectivity index (χ0v) is 34.5. The van der Waals surface area contributed by atoms with Crippen molar-refractivity contribution in [1.29, 1.82) is 0 Å². The van der Waals surface area contributed by atoms with E-state index in [4.69, 9.17) is 9.97 Å². The number of imidazole rings is 1. The fourth-order valence-electron chi connectivity index (χ4n) is 9.97. The van der Waals surface area contributed by atoms with Crippen molar-refractivity contribution < 1.29 is 0 Å². The van der Waals surface area contributed by atoms with Gasteiger partial charge in [-0.2, -0.15) is 0 Å². The minimum atomic E-state index is -2.99. The molecule has 0 atom stereocenters. The van der Waals surface area contributed by atoms with Crippen molar-refractivity contribution in [3.8, 4) is 22.8 Å². The molecule has 0 spiro atoms. The molecule has 0 unspecified atom stereocenters. The molecule has 0 saturated carbocycles. The molecule has 288 valence electrons. The van der Waals surface area contributed by atoms with Crippen molar-refractivity contribution in [2.75, 3.05) is 0 Å². The molecule has 4 heterocycles. The summed E-state index contributed by atoms with van der Waals surface area (Å²) in [5, 5.41) is 9.95. The Labute approximate surface area is 354 Å². The van der Waals surface area contributed by atoms with E-state index in [1.807, 2.05) is 6.20 Å². The average molecular weight is 798 g/mol. The summed E-state index contributed by atoms with van der Waals surface area (Å²) in [4.78, 5) is 10.3. The van der Waals surface area contributed by atoms with Crippen LogP contribution in [-0.4, -0.2) is 31.7 Å². The molecule has 0 fully saturated rings. The molecule has 0 saturated heterocycles. The maximum Gasteiger partial charge on any atom is 0.179 e. The summed E-state index contributed by atoms with van der Waals surface area (Å²) < 4.78 is 6.99. The molecule has 4 aromatic heterocycles. The zero-order valence-electron chi connectivity index (χ0n) is 33.5. The molecule has 5 nitrogen and oxygen atoms in total. The van der Waals surface area contributed by atoms with Gasteiger partial charge in [0, 0.05) is 51.7 Å². The van der Waals surface area contributed by atoms with Crippen molar-refractivity contribution in [3.63, 3.8) is 0 Å². The molecule has 12 rings (SSSR count). The van der Waals surface area contributed by atoms with Crippen molar-refractivity contribution in [1.82, 2.24) is 23.7 Å². The van der Waals surface area contributed by atoms with Crippen molar-refractivity contribution in [2.45, 2.75) is 0 Å². The van der Waals surface area contributed by atoms with Crippen LogP contribution in [0, 0.1) is 0 Å². The van der Waals surface area contributed by atoms with Gasteiger partial charge in [-0.15, -0.1) is 0 Å². The first-order valence-electron chi connectivity index (χ1n) is 20.8. The highest BCUT2D eigenvalue weighted by Gasteiger charge is 2.42. The first-order chi connectivity index (χ1) is 30.2. The summed E-state index contributed by atoms with van der Waals surface area (Å²) in [6.45, 7) is 0. The Morgan fingerprint density at radius 3 is 1.69 bits per heavy atom. The number of aryl methyl sites for hydroxylation is 1. The quantitative estimate of drug-likeness (QED) is 0.119. The standard InChI is InChI=1S/C55H39N5Si/c1-58-51-32-14-12-30-49(51)57-54(58)38-18-15-26-43(34-38)61(41-22-7-3-8-23-41,42-24-9-4-10-25-42)44-27-16-21-40(35-44)60-53-36-47-45-28-11-13-31-50(45)59(39-19-5-2-6-20-39)52(47)37-48(53)46-29-17-33-56-55(46)60/h2-37H,1H3. The third-order valence-electron chi connectivity index (χ3n) is 12.6. The van der Waals surface area contributed by atoms with E-state index in [1.165, 1.54) is 47.9 Å². The van der Waals surface area contributed by atoms with E-state index in [0.717, 1.165) is 50.3 Å². The molecule has 6 heteroatoms. The molecule has 0 aliphatic carbocycles. The summed E-state index contributed by atoms with van der Waals surface area (Å²) in [6, 6.07) is 77.6. The third-order valence-corrected chi connectivity index (χ3v) is 17.4. The fourth-order valence-corrected chi connectivity index (χ4v) is 14.8. The summed E-state index contributed by atoms with van der Waals surface area (Å²) in [6.07, 6.45) is 1.92. The Balaban J connectivity index is 1.14. The number of para-hydroxylation sites is 4. The van der Waals surface area contributed by atoms with Crippen LogP contribution >= 0.6 is 0 Å². The Hall–Kier alpha value is -7.80. The van der Waals surface area contributed by atoms with Gasteiger partial charge in [0.25, 0.3) is 0 Å². The molecule has 0 aliphatic rings. The molecule has 0 bridgehead atoms. The van der Waals surface area contributed by atoms with Crippen LogP contribution in [0.2, 0.25) is 0 Å². The van der Waals surface area contributed by atoms with Gasteiger partial charge < -0.3 is 9.13 Å². The average Bonchev–Trinajstić information content (AvgIpc) is 3.96. The molecule has 61 heavy (non-hydrogen) atoms. The number of aromatic nitrogens is 5. The molecule has 0 N–H and O–H groups in total. The van der Waals surface area contributed by atoms with E-state index in [2.05, 4.69) is 233 Å². The summed E-state index contributed by atoms with van der Waals surface area (Å²) >= 11 is 0. The lowest BCUT2D eigenvalue weighted by Crippen LogP contribution is -2.74. The van der Waals surface area contributed by atoms with Gasteiger partial charge in [0.15, 0.2) is 8.07 Å². The van der Waals surface area contributed by atoms with Crippen LogP contribution in [0.5, 0.6) is 0 Å². The van der Waals surface area contributed by atoms with E-state index < -0.39 is 8.07 Å². The van der Waals surface area contributed by atoms with Crippen LogP contribution in [0.25, 0.3) is 77.5 Å². The van der Waals surface area contributed by atoms with Gasteiger partial charge in [0.05, 0.1) is 27.6 Å². The molecular formula is C55H39N5Si. The first kappa shape index (κ1) is 35.2. The third kappa shape index (κ3) is 5.32. The minimum Gasteiger partial charge on any atom is -0.327 e. The number of pyridine rings is 1. The molecule has 8 aromatic carbocycles. The van der Waals surface area contributed by atoms with E-state index >= 15 is 0 Å². The van der Waals surface area contributed by atoms with Crippen LogP contribution in [0.15, 0.2) is 219 Å². The summed E-state index contributed by atoms with van der Waals surface area (Å²) in [5.41, 5.74) is 9.87. The van der Waals surface area contributed by atoms with Crippen LogP contribution in [0.1, 0.15) is 0 Å². The number of hydrogen-bond acceptors (Lipinski definition) is 2. The Bertz CT molecular complexity index is 3560. The minimum absolute atomic E-state index is 0.938. The van der Waals surface area contributed by atoms with E-state index in [-0.39, 0.29) is 0 Å². The molecule has 12 aromatic rings. The zero-order chi connectivity index (χ0) is 40.5. The first-order valence-corrected chi connectivity index (χ1v) is 22.8. The fraction of sp³-hybridized carbons (Fsp3) is 0.0182. The van der Waals surface area contributed by atoms with Gasteiger partial charge in [-0.1, -0.05) is 146 Å². The second-order valence-electron chi connectivity index (χ2n) is 15.9. The van der Waals surface area contributed by atoms with Gasteiger partial charge in [-0.25, -0.2) is 9.97 Å². The topological polar surface area (TPSA) is 40.6 Å². The van der Waals surface area contributed by atoms with Crippen LogP contribution < -0.4 is 20.7 Å². The highest BCUT2D eigenvalue weighted by atomic mass is 28.3. The number of nitrogens with zero attached hydrogens (tertiary/aromatic N) is 5. The normalized spacial score (nSPS) is 12.0. The lowest BCUT2D eigenvalue weighted by molar-refractivity contribution is 0.959. The molecular weight excluding hydrogens is 759 g/mol. The van der Waals surface area contributed by atoms with Crippen molar-refractivity contribution in [2.24, 2.45) is 7.05 Å². The molecule has 0 aliphatic heterocycles. The number of hydrogen-bond donors (Lipinski definition) is 0.